The van der Waals surface area contributed by atoms with Crippen molar-refractivity contribution in [3.8, 4) is 5.75 Å². The predicted molar refractivity (Wildman–Crippen MR) is 105 cm³/mol. The third-order valence-corrected chi connectivity index (χ3v) is 4.23. The average molecular weight is 364 g/mol. The zero-order valence-corrected chi connectivity index (χ0v) is 16.1. The van der Waals surface area contributed by atoms with Gasteiger partial charge in [0.15, 0.2) is 5.96 Å². The standard InChI is InChI=1S/C20H33N3O3/c1-3-21-20(22-11-6-13-25-16-19-9-5-14-26-19)23-12-10-17-7-4-8-18(15-17)24-2/h4,7-8,15,19H,3,5-6,9-14,16H2,1-2H3,(H2,21,22,23). The topological polar surface area (TPSA) is 64.1 Å². The molecule has 0 bridgehead atoms. The second-order valence-electron chi connectivity index (χ2n) is 6.35. The maximum Gasteiger partial charge on any atom is 0.191 e. The number of nitrogens with one attached hydrogen (secondary N) is 2. The fourth-order valence-corrected chi connectivity index (χ4v) is 2.84. The van der Waals surface area contributed by atoms with Crippen LogP contribution in [-0.2, 0) is 15.9 Å². The van der Waals surface area contributed by atoms with E-state index >= 15 is 0 Å². The highest BCUT2D eigenvalue weighted by atomic mass is 16.5. The molecular weight excluding hydrogens is 330 g/mol. The van der Waals surface area contributed by atoms with Gasteiger partial charge in [0.25, 0.3) is 0 Å². The Morgan fingerprint density at radius 2 is 2.27 bits per heavy atom. The largest absolute Gasteiger partial charge is 0.497 e. The maximum absolute atomic E-state index is 5.67. The fourth-order valence-electron chi connectivity index (χ4n) is 2.84. The minimum Gasteiger partial charge on any atom is -0.497 e. The normalized spacial score (nSPS) is 17.3. The lowest BCUT2D eigenvalue weighted by molar-refractivity contribution is 0.0171. The second-order valence-corrected chi connectivity index (χ2v) is 6.35. The monoisotopic (exact) mass is 363 g/mol. The molecule has 1 heterocycles. The summed E-state index contributed by atoms with van der Waals surface area (Å²) in [6.07, 6.45) is 4.42. The molecule has 6 nitrogen and oxygen atoms in total. The molecule has 146 valence electrons. The van der Waals surface area contributed by atoms with E-state index in [-0.39, 0.29) is 0 Å². The highest BCUT2D eigenvalue weighted by Gasteiger charge is 2.14. The molecule has 1 aromatic rings. The Labute approximate surface area is 157 Å². The highest BCUT2D eigenvalue weighted by molar-refractivity contribution is 5.79. The molecule has 1 atom stereocenters. The summed E-state index contributed by atoms with van der Waals surface area (Å²) in [7, 11) is 1.69. The van der Waals surface area contributed by atoms with Crippen LogP contribution >= 0.6 is 0 Å². The summed E-state index contributed by atoms with van der Waals surface area (Å²) < 4.78 is 16.5. The number of hydrogen-bond donors (Lipinski definition) is 2. The summed E-state index contributed by atoms with van der Waals surface area (Å²) in [5, 5.41) is 6.66. The first-order chi connectivity index (χ1) is 12.8. The van der Waals surface area contributed by atoms with Crippen LogP contribution < -0.4 is 15.4 Å². The summed E-state index contributed by atoms with van der Waals surface area (Å²) in [5.41, 5.74) is 1.25. The van der Waals surface area contributed by atoms with Gasteiger partial charge in [-0.25, -0.2) is 0 Å². The van der Waals surface area contributed by atoms with Gasteiger partial charge in [0, 0.05) is 32.8 Å². The molecule has 6 heteroatoms. The van der Waals surface area contributed by atoms with Crippen molar-refractivity contribution in [3.63, 3.8) is 0 Å². The number of hydrogen-bond acceptors (Lipinski definition) is 4. The van der Waals surface area contributed by atoms with Crippen molar-refractivity contribution >= 4 is 5.96 Å². The Balaban J connectivity index is 1.62. The quantitative estimate of drug-likeness (QED) is 0.359. The van der Waals surface area contributed by atoms with E-state index in [0.717, 1.165) is 70.2 Å². The average Bonchev–Trinajstić information content (AvgIpc) is 3.18. The zero-order chi connectivity index (χ0) is 18.5. The molecule has 1 fully saturated rings. The molecular formula is C20H33N3O3. The first-order valence-corrected chi connectivity index (χ1v) is 9.66. The van der Waals surface area contributed by atoms with Gasteiger partial charge in [-0.3, -0.25) is 4.99 Å². The predicted octanol–water partition coefficient (Wildman–Crippen LogP) is 2.38. The van der Waals surface area contributed by atoms with Crippen LogP contribution in [0.2, 0.25) is 0 Å². The van der Waals surface area contributed by atoms with Crippen molar-refractivity contribution in [1.29, 1.82) is 0 Å². The van der Waals surface area contributed by atoms with Crippen molar-refractivity contribution in [2.75, 3.05) is 46.6 Å². The first-order valence-electron chi connectivity index (χ1n) is 9.66. The van der Waals surface area contributed by atoms with Gasteiger partial charge in [0.05, 0.1) is 19.8 Å². The van der Waals surface area contributed by atoms with Crippen LogP contribution in [0.1, 0.15) is 31.7 Å². The van der Waals surface area contributed by atoms with Gasteiger partial charge in [-0.15, -0.1) is 0 Å². The molecule has 0 aliphatic carbocycles. The Morgan fingerprint density at radius 1 is 1.35 bits per heavy atom. The molecule has 26 heavy (non-hydrogen) atoms. The lowest BCUT2D eigenvalue weighted by Crippen LogP contribution is -2.38. The van der Waals surface area contributed by atoms with Crippen molar-refractivity contribution in [2.24, 2.45) is 4.99 Å². The lowest BCUT2D eigenvalue weighted by Gasteiger charge is -2.12. The number of guanidine groups is 1. The molecule has 1 unspecified atom stereocenters. The molecule has 0 aromatic heterocycles. The SMILES string of the molecule is CCNC(=NCCCOCC1CCCO1)NCCc1cccc(OC)c1. The van der Waals surface area contributed by atoms with Crippen molar-refractivity contribution in [3.05, 3.63) is 29.8 Å². The molecule has 1 aliphatic rings. The van der Waals surface area contributed by atoms with E-state index in [9.17, 15) is 0 Å². The number of benzene rings is 1. The van der Waals surface area contributed by atoms with E-state index in [1.165, 1.54) is 5.56 Å². The number of rotatable bonds is 11. The Morgan fingerprint density at radius 3 is 3.04 bits per heavy atom. The lowest BCUT2D eigenvalue weighted by atomic mass is 10.1. The number of ether oxygens (including phenoxy) is 3. The Kier molecular flexibility index (Phi) is 9.90. The van der Waals surface area contributed by atoms with Crippen LogP contribution in [0.5, 0.6) is 5.75 Å². The van der Waals surface area contributed by atoms with Crippen LogP contribution in [0.25, 0.3) is 0 Å². The Bertz CT molecular complexity index is 531. The maximum atomic E-state index is 5.67. The summed E-state index contributed by atoms with van der Waals surface area (Å²) in [6, 6.07) is 8.16. The third kappa shape index (κ3) is 8.06. The van der Waals surface area contributed by atoms with Crippen molar-refractivity contribution < 1.29 is 14.2 Å². The minimum absolute atomic E-state index is 0.300. The van der Waals surface area contributed by atoms with Crippen molar-refractivity contribution in [2.45, 2.75) is 38.7 Å². The number of aliphatic imine (C=N–C) groups is 1. The minimum atomic E-state index is 0.300. The van der Waals surface area contributed by atoms with Crippen LogP contribution in [0.4, 0.5) is 0 Å². The van der Waals surface area contributed by atoms with Gasteiger partial charge < -0.3 is 24.8 Å². The molecule has 2 N–H and O–H groups in total. The van der Waals surface area contributed by atoms with Gasteiger partial charge in [-0.05, 0) is 50.3 Å². The van der Waals surface area contributed by atoms with E-state index in [1.807, 2.05) is 12.1 Å². The van der Waals surface area contributed by atoms with Crippen LogP contribution in [-0.4, -0.2) is 58.6 Å². The molecule has 0 saturated carbocycles. The second kappa shape index (κ2) is 12.5. The molecule has 1 aliphatic heterocycles. The summed E-state index contributed by atoms with van der Waals surface area (Å²) in [5.74, 6) is 1.75. The highest BCUT2D eigenvalue weighted by Crippen LogP contribution is 2.13. The molecule has 1 saturated heterocycles. The Hall–Kier alpha value is -1.79. The smallest absolute Gasteiger partial charge is 0.191 e. The molecule has 1 aromatic carbocycles. The molecule has 0 spiro atoms. The van der Waals surface area contributed by atoms with Gasteiger partial charge >= 0.3 is 0 Å². The van der Waals surface area contributed by atoms with Gasteiger partial charge in [-0.2, -0.15) is 0 Å². The summed E-state index contributed by atoms with van der Waals surface area (Å²) in [6.45, 7) is 6.82. The third-order valence-electron chi connectivity index (χ3n) is 4.23. The molecule has 0 radical (unpaired) electrons. The van der Waals surface area contributed by atoms with Gasteiger partial charge in [-0.1, -0.05) is 12.1 Å². The number of methoxy groups -OCH3 is 1. The van der Waals surface area contributed by atoms with E-state index in [1.54, 1.807) is 7.11 Å². The van der Waals surface area contributed by atoms with Crippen LogP contribution in [0.15, 0.2) is 29.3 Å². The van der Waals surface area contributed by atoms with Gasteiger partial charge in [0.1, 0.15) is 5.75 Å². The number of nitrogens with zero attached hydrogens (tertiary/aromatic N) is 1. The van der Waals surface area contributed by atoms with E-state index in [0.29, 0.717) is 12.7 Å². The van der Waals surface area contributed by atoms with Crippen LogP contribution in [0.3, 0.4) is 0 Å². The van der Waals surface area contributed by atoms with Gasteiger partial charge in [0.2, 0.25) is 0 Å². The zero-order valence-electron chi connectivity index (χ0n) is 16.1. The van der Waals surface area contributed by atoms with E-state index in [4.69, 9.17) is 14.2 Å². The molecule has 0 amide bonds. The van der Waals surface area contributed by atoms with Crippen LogP contribution in [0, 0.1) is 0 Å². The summed E-state index contributed by atoms with van der Waals surface area (Å²) in [4.78, 5) is 4.61. The fraction of sp³-hybridized carbons (Fsp3) is 0.650. The van der Waals surface area contributed by atoms with Crippen molar-refractivity contribution in [1.82, 2.24) is 10.6 Å². The summed E-state index contributed by atoms with van der Waals surface area (Å²) >= 11 is 0. The van der Waals surface area contributed by atoms with E-state index < -0.39 is 0 Å². The van der Waals surface area contributed by atoms with E-state index in [2.05, 4.69) is 34.7 Å². The first kappa shape index (κ1) is 20.5. The molecule has 2 rings (SSSR count).